The maximum atomic E-state index is 11.8. The van der Waals surface area contributed by atoms with Crippen molar-refractivity contribution in [2.45, 2.75) is 45.2 Å². The average Bonchev–Trinajstić information content (AvgIpc) is 2.25. The number of piperidine rings is 1. The summed E-state index contributed by atoms with van der Waals surface area (Å²) in [6.07, 6.45) is 3.07. The molecule has 1 aliphatic rings. The van der Waals surface area contributed by atoms with Crippen LogP contribution in [0.4, 0.5) is 0 Å². The maximum Gasteiger partial charge on any atom is 0.239 e. The molecule has 1 saturated heterocycles. The summed E-state index contributed by atoms with van der Waals surface area (Å²) in [5.74, 6) is -0.0752. The average molecular weight is 227 g/mol. The van der Waals surface area contributed by atoms with Crippen LogP contribution >= 0.6 is 0 Å². The van der Waals surface area contributed by atoms with E-state index < -0.39 is 6.04 Å². The van der Waals surface area contributed by atoms with Crippen LogP contribution in [0.1, 0.15) is 33.1 Å². The van der Waals surface area contributed by atoms with Crippen LogP contribution in [0.3, 0.4) is 0 Å². The smallest absolute Gasteiger partial charge is 0.239 e. The highest BCUT2D eigenvalue weighted by Crippen LogP contribution is 2.17. The van der Waals surface area contributed by atoms with E-state index in [1.165, 1.54) is 6.92 Å². The summed E-state index contributed by atoms with van der Waals surface area (Å²) < 4.78 is 0. The summed E-state index contributed by atoms with van der Waals surface area (Å²) >= 11 is 0. The molecule has 0 aromatic rings. The van der Waals surface area contributed by atoms with E-state index in [4.69, 9.17) is 5.73 Å². The number of nitrogens with one attached hydrogen (secondary N) is 1. The van der Waals surface area contributed by atoms with Crippen molar-refractivity contribution in [2.75, 3.05) is 13.1 Å². The molecule has 0 saturated carbocycles. The molecule has 2 amide bonds. The van der Waals surface area contributed by atoms with E-state index in [0.29, 0.717) is 6.54 Å². The molecule has 5 nitrogen and oxygen atoms in total. The van der Waals surface area contributed by atoms with E-state index in [2.05, 4.69) is 5.32 Å². The van der Waals surface area contributed by atoms with Gasteiger partial charge in [-0.2, -0.15) is 0 Å². The zero-order chi connectivity index (χ0) is 12.1. The second kappa shape index (κ2) is 5.84. The first kappa shape index (κ1) is 13.0. The van der Waals surface area contributed by atoms with Crippen molar-refractivity contribution in [3.8, 4) is 0 Å². The Morgan fingerprint density at radius 2 is 2.19 bits per heavy atom. The Bertz CT molecular complexity index is 266. The summed E-state index contributed by atoms with van der Waals surface area (Å²) in [4.78, 5) is 24.5. The SMILES string of the molecule is CC(=O)NCC1CCCCN1C(=O)C(C)N. The monoisotopic (exact) mass is 227 g/mol. The van der Waals surface area contributed by atoms with Gasteiger partial charge in [-0.15, -0.1) is 0 Å². The van der Waals surface area contributed by atoms with E-state index in [1.807, 2.05) is 4.90 Å². The molecule has 0 aromatic carbocycles. The lowest BCUT2D eigenvalue weighted by atomic mass is 10.0. The van der Waals surface area contributed by atoms with Crippen molar-refractivity contribution in [3.05, 3.63) is 0 Å². The first-order chi connectivity index (χ1) is 7.52. The number of hydrogen-bond acceptors (Lipinski definition) is 3. The fraction of sp³-hybridized carbons (Fsp3) is 0.818. The molecule has 0 bridgehead atoms. The van der Waals surface area contributed by atoms with Gasteiger partial charge < -0.3 is 16.0 Å². The van der Waals surface area contributed by atoms with E-state index in [0.717, 1.165) is 25.8 Å². The molecule has 2 atom stereocenters. The van der Waals surface area contributed by atoms with Gasteiger partial charge in [0.15, 0.2) is 0 Å². The number of carbonyl (C=O) groups is 2. The molecular weight excluding hydrogens is 206 g/mol. The van der Waals surface area contributed by atoms with Crippen molar-refractivity contribution in [3.63, 3.8) is 0 Å². The van der Waals surface area contributed by atoms with E-state index in [-0.39, 0.29) is 17.9 Å². The van der Waals surface area contributed by atoms with Gasteiger partial charge in [0, 0.05) is 26.1 Å². The lowest BCUT2D eigenvalue weighted by Gasteiger charge is -2.36. The Kier molecular flexibility index (Phi) is 4.73. The van der Waals surface area contributed by atoms with Gasteiger partial charge in [0.2, 0.25) is 11.8 Å². The van der Waals surface area contributed by atoms with Gasteiger partial charge in [-0.3, -0.25) is 9.59 Å². The van der Waals surface area contributed by atoms with Crippen molar-refractivity contribution >= 4 is 11.8 Å². The Balaban J connectivity index is 2.56. The third-order valence-corrected chi connectivity index (χ3v) is 2.89. The van der Waals surface area contributed by atoms with Gasteiger partial charge in [-0.1, -0.05) is 0 Å². The molecule has 1 aliphatic heterocycles. The summed E-state index contributed by atoms with van der Waals surface area (Å²) in [5, 5.41) is 2.77. The number of hydrogen-bond donors (Lipinski definition) is 2. The van der Waals surface area contributed by atoms with Crippen LogP contribution in [0.25, 0.3) is 0 Å². The third-order valence-electron chi connectivity index (χ3n) is 2.89. The first-order valence-corrected chi connectivity index (χ1v) is 5.83. The molecular formula is C11H21N3O2. The zero-order valence-corrected chi connectivity index (χ0v) is 10.0. The molecule has 2 unspecified atom stereocenters. The fourth-order valence-electron chi connectivity index (χ4n) is 2.03. The zero-order valence-electron chi connectivity index (χ0n) is 10.0. The Labute approximate surface area is 96.4 Å². The van der Waals surface area contributed by atoms with Gasteiger partial charge in [-0.05, 0) is 26.2 Å². The number of carbonyl (C=O) groups excluding carboxylic acids is 2. The second-order valence-electron chi connectivity index (χ2n) is 4.41. The largest absolute Gasteiger partial charge is 0.354 e. The van der Waals surface area contributed by atoms with E-state index >= 15 is 0 Å². The van der Waals surface area contributed by atoms with Crippen LogP contribution in [0.15, 0.2) is 0 Å². The van der Waals surface area contributed by atoms with E-state index in [1.54, 1.807) is 6.92 Å². The summed E-state index contributed by atoms with van der Waals surface area (Å²) in [7, 11) is 0. The van der Waals surface area contributed by atoms with Crippen LogP contribution in [0.2, 0.25) is 0 Å². The van der Waals surface area contributed by atoms with Gasteiger partial charge in [-0.25, -0.2) is 0 Å². The summed E-state index contributed by atoms with van der Waals surface area (Å²) in [5.41, 5.74) is 5.61. The molecule has 1 heterocycles. The Hall–Kier alpha value is -1.10. The molecule has 1 rings (SSSR count). The Morgan fingerprint density at radius 3 is 2.75 bits per heavy atom. The minimum atomic E-state index is -0.460. The summed E-state index contributed by atoms with van der Waals surface area (Å²) in [6, 6.07) is -0.353. The predicted octanol–water partition coefficient (Wildman–Crippen LogP) is -0.149. The van der Waals surface area contributed by atoms with Gasteiger partial charge in [0.1, 0.15) is 0 Å². The number of nitrogens with zero attached hydrogens (tertiary/aromatic N) is 1. The quantitative estimate of drug-likeness (QED) is 0.704. The second-order valence-corrected chi connectivity index (χ2v) is 4.41. The molecule has 16 heavy (non-hydrogen) atoms. The standard InChI is InChI=1S/C11H21N3O2/c1-8(12)11(16)14-6-4-3-5-10(14)7-13-9(2)15/h8,10H,3-7,12H2,1-2H3,(H,13,15). The lowest BCUT2D eigenvalue weighted by Crippen LogP contribution is -2.53. The summed E-state index contributed by atoms with van der Waals surface area (Å²) in [6.45, 7) is 4.48. The molecule has 1 fully saturated rings. The molecule has 0 spiro atoms. The highest BCUT2D eigenvalue weighted by molar-refractivity contribution is 5.81. The van der Waals surface area contributed by atoms with Gasteiger partial charge >= 0.3 is 0 Å². The van der Waals surface area contributed by atoms with Crippen molar-refractivity contribution < 1.29 is 9.59 Å². The van der Waals surface area contributed by atoms with Crippen LogP contribution in [0.5, 0.6) is 0 Å². The van der Waals surface area contributed by atoms with Crippen LogP contribution in [-0.4, -0.2) is 41.9 Å². The molecule has 3 N–H and O–H groups in total. The van der Waals surface area contributed by atoms with Crippen LogP contribution in [-0.2, 0) is 9.59 Å². The highest BCUT2D eigenvalue weighted by Gasteiger charge is 2.28. The van der Waals surface area contributed by atoms with Crippen LogP contribution < -0.4 is 11.1 Å². The number of nitrogens with two attached hydrogens (primary N) is 1. The topological polar surface area (TPSA) is 75.4 Å². The third kappa shape index (κ3) is 3.48. The number of amides is 2. The van der Waals surface area contributed by atoms with Crippen LogP contribution in [0, 0.1) is 0 Å². The molecule has 0 aliphatic carbocycles. The minimum absolute atomic E-state index is 0.0185. The normalized spacial score (nSPS) is 22.7. The first-order valence-electron chi connectivity index (χ1n) is 5.83. The van der Waals surface area contributed by atoms with Gasteiger partial charge in [0.25, 0.3) is 0 Å². The highest BCUT2D eigenvalue weighted by atomic mass is 16.2. The molecule has 5 heteroatoms. The van der Waals surface area contributed by atoms with Crippen molar-refractivity contribution in [1.82, 2.24) is 10.2 Å². The lowest BCUT2D eigenvalue weighted by molar-refractivity contribution is -0.136. The predicted molar refractivity (Wildman–Crippen MR) is 61.7 cm³/mol. The van der Waals surface area contributed by atoms with Gasteiger partial charge in [0.05, 0.1) is 6.04 Å². The molecule has 92 valence electrons. The maximum absolute atomic E-state index is 11.8. The Morgan fingerprint density at radius 1 is 1.50 bits per heavy atom. The molecule has 0 radical (unpaired) electrons. The van der Waals surface area contributed by atoms with Crippen molar-refractivity contribution in [2.24, 2.45) is 5.73 Å². The van der Waals surface area contributed by atoms with E-state index in [9.17, 15) is 9.59 Å². The fourth-order valence-corrected chi connectivity index (χ4v) is 2.03. The minimum Gasteiger partial charge on any atom is -0.354 e. The number of rotatable bonds is 3. The van der Waals surface area contributed by atoms with Crippen molar-refractivity contribution in [1.29, 1.82) is 0 Å². The number of likely N-dealkylation sites (tertiary alicyclic amines) is 1. The molecule has 0 aromatic heterocycles.